The molecule has 0 fully saturated rings. The van der Waals surface area contributed by atoms with Crippen molar-refractivity contribution in [2.75, 3.05) is 11.9 Å². The highest BCUT2D eigenvalue weighted by Crippen LogP contribution is 2.22. The summed E-state index contributed by atoms with van der Waals surface area (Å²) in [6.45, 7) is 0.417. The fraction of sp³-hybridized carbons (Fsp3) is 0.111. The molecule has 4 aromatic rings. The van der Waals surface area contributed by atoms with Crippen LogP contribution in [0.25, 0.3) is 22.9 Å². The summed E-state index contributed by atoms with van der Waals surface area (Å²) >= 11 is 0. The molecule has 7 heteroatoms. The van der Waals surface area contributed by atoms with E-state index < -0.39 is 0 Å². The van der Waals surface area contributed by atoms with Gasteiger partial charge in [0.05, 0.1) is 24.4 Å². The molecule has 0 spiro atoms. The van der Waals surface area contributed by atoms with E-state index in [1.807, 2.05) is 54.6 Å². The highest BCUT2D eigenvalue weighted by molar-refractivity contribution is 5.92. The van der Waals surface area contributed by atoms with E-state index in [9.17, 15) is 14.4 Å². The lowest BCUT2D eigenvalue weighted by atomic mass is 10.0. The lowest BCUT2D eigenvalue weighted by Crippen LogP contribution is -2.27. The topological polar surface area (TPSA) is 74.8 Å². The van der Waals surface area contributed by atoms with Crippen molar-refractivity contribution in [3.05, 3.63) is 102 Å². The van der Waals surface area contributed by atoms with Crippen LogP contribution in [0.3, 0.4) is 0 Å². The molecule has 0 aliphatic heterocycles. The number of carbonyl (C=O) groups is 1. The second kappa shape index (κ2) is 10.4. The maximum Gasteiger partial charge on any atom is 0.228 e. The van der Waals surface area contributed by atoms with E-state index in [4.69, 9.17) is 0 Å². The molecule has 0 atom stereocenters. The van der Waals surface area contributed by atoms with E-state index in [0.29, 0.717) is 24.2 Å². The molecule has 0 N–H and O–H groups in total. The number of anilines is 1. The predicted molar refractivity (Wildman–Crippen MR) is 130 cm³/mol. The summed E-state index contributed by atoms with van der Waals surface area (Å²) in [7, 11) is 1.76. The molecule has 0 saturated heterocycles. The third-order valence-corrected chi connectivity index (χ3v) is 5.40. The zero-order chi connectivity index (χ0) is 23.9. The van der Waals surface area contributed by atoms with Crippen LogP contribution in [0.2, 0.25) is 0 Å². The Balaban J connectivity index is 1.41. The van der Waals surface area contributed by atoms with Crippen molar-refractivity contribution in [3.63, 3.8) is 0 Å². The molecule has 0 bridgehead atoms. The smallest absolute Gasteiger partial charge is 0.228 e. The van der Waals surface area contributed by atoms with Gasteiger partial charge in [-0.1, -0.05) is 59.8 Å². The Bertz CT molecular complexity index is 1340. The van der Waals surface area contributed by atoms with Gasteiger partial charge in [-0.15, -0.1) is 5.10 Å². The van der Waals surface area contributed by atoms with Crippen molar-refractivity contribution >= 4 is 23.2 Å². The van der Waals surface area contributed by atoms with E-state index in [0.717, 1.165) is 22.4 Å². The normalized spacial score (nSPS) is 11.1. The van der Waals surface area contributed by atoms with Crippen LogP contribution in [-0.2, 0) is 11.3 Å². The van der Waals surface area contributed by atoms with Gasteiger partial charge in [-0.25, -0.2) is 4.39 Å². The summed E-state index contributed by atoms with van der Waals surface area (Å²) in [5, 5.41) is 17.9. The minimum Gasteiger partial charge on any atom is -0.315 e. The number of aromatic nitrogens is 3. The highest BCUT2D eigenvalue weighted by Gasteiger charge is 2.12. The molecule has 0 saturated carbocycles. The van der Waals surface area contributed by atoms with Gasteiger partial charge in [0.2, 0.25) is 5.91 Å². The van der Waals surface area contributed by atoms with Crippen LogP contribution in [0.1, 0.15) is 17.5 Å². The van der Waals surface area contributed by atoms with Gasteiger partial charge in [0.25, 0.3) is 0 Å². The van der Waals surface area contributed by atoms with Crippen molar-refractivity contribution in [2.24, 2.45) is 0 Å². The maximum absolute atomic E-state index is 13.1. The van der Waals surface area contributed by atoms with Crippen LogP contribution >= 0.6 is 0 Å². The zero-order valence-electron chi connectivity index (χ0n) is 18.6. The fourth-order valence-corrected chi connectivity index (χ4v) is 3.44. The van der Waals surface area contributed by atoms with E-state index >= 15 is 0 Å². The van der Waals surface area contributed by atoms with E-state index in [1.165, 1.54) is 12.1 Å². The minimum atomic E-state index is -0.319. The van der Waals surface area contributed by atoms with Crippen molar-refractivity contribution in [2.45, 2.75) is 13.0 Å². The monoisotopic (exact) mass is 451 g/mol. The first-order valence-corrected chi connectivity index (χ1v) is 10.7. The van der Waals surface area contributed by atoms with Gasteiger partial charge in [0, 0.05) is 24.7 Å². The van der Waals surface area contributed by atoms with Gasteiger partial charge in [-0.2, -0.15) is 5.26 Å². The molecule has 168 valence electrons. The number of halogens is 1. The molecule has 6 nitrogen and oxygen atoms in total. The maximum atomic E-state index is 13.1. The Kier molecular flexibility index (Phi) is 6.89. The molecule has 0 radical (unpaired) electrons. The van der Waals surface area contributed by atoms with Gasteiger partial charge in [0.1, 0.15) is 11.5 Å². The van der Waals surface area contributed by atoms with Crippen LogP contribution in [-0.4, -0.2) is 27.9 Å². The number of amides is 1. The molecular weight excluding hydrogens is 429 g/mol. The quantitative estimate of drug-likeness (QED) is 0.286. The van der Waals surface area contributed by atoms with Crippen LogP contribution in [0.4, 0.5) is 10.1 Å². The number of para-hydroxylation sites is 1. The molecule has 34 heavy (non-hydrogen) atoms. The average molecular weight is 452 g/mol. The van der Waals surface area contributed by atoms with Gasteiger partial charge in [-0.05, 0) is 41.5 Å². The van der Waals surface area contributed by atoms with Gasteiger partial charge in [-0.3, -0.25) is 9.48 Å². The number of carbonyl (C=O) groups excluding carboxylic acids is 1. The van der Waals surface area contributed by atoms with E-state index in [1.54, 1.807) is 41.0 Å². The first-order valence-electron chi connectivity index (χ1n) is 10.7. The number of rotatable bonds is 7. The molecule has 0 aliphatic rings. The molecule has 3 aromatic carbocycles. The minimum absolute atomic E-state index is 0.00965. The number of allylic oxidation sites excluding steroid dienone is 1. The molecule has 1 aromatic heterocycles. The molecule has 0 unspecified atom stereocenters. The molecule has 0 aliphatic carbocycles. The Morgan fingerprint density at radius 2 is 1.76 bits per heavy atom. The van der Waals surface area contributed by atoms with Crippen molar-refractivity contribution < 1.29 is 9.18 Å². The van der Waals surface area contributed by atoms with Gasteiger partial charge in [0.15, 0.2) is 0 Å². The number of hydrogen-bond acceptors (Lipinski definition) is 4. The Labute approximate surface area is 197 Å². The fourth-order valence-electron chi connectivity index (χ4n) is 3.44. The third kappa shape index (κ3) is 5.43. The SMILES string of the molecule is CN(C(=O)CCn1cc(-c2ccc(/C(C#N)=C/c3ccc(F)cc3)cc2)nn1)c1ccccc1. The molecule has 4 rings (SSSR count). The summed E-state index contributed by atoms with van der Waals surface area (Å²) in [5.41, 5.74) is 4.34. The van der Waals surface area contributed by atoms with Crippen LogP contribution in [0.15, 0.2) is 85.1 Å². The summed E-state index contributed by atoms with van der Waals surface area (Å²) in [4.78, 5) is 14.1. The third-order valence-electron chi connectivity index (χ3n) is 5.40. The zero-order valence-corrected chi connectivity index (χ0v) is 18.6. The summed E-state index contributed by atoms with van der Waals surface area (Å²) in [5.74, 6) is -0.329. The van der Waals surface area contributed by atoms with Crippen molar-refractivity contribution in [1.82, 2.24) is 15.0 Å². The van der Waals surface area contributed by atoms with Crippen molar-refractivity contribution in [3.8, 4) is 17.3 Å². The van der Waals surface area contributed by atoms with Gasteiger partial charge < -0.3 is 4.90 Å². The number of aryl methyl sites for hydroxylation is 1. The van der Waals surface area contributed by atoms with Crippen LogP contribution in [0.5, 0.6) is 0 Å². The van der Waals surface area contributed by atoms with E-state index in [2.05, 4.69) is 16.4 Å². The summed E-state index contributed by atoms with van der Waals surface area (Å²) < 4.78 is 14.8. The number of hydrogen-bond donors (Lipinski definition) is 0. The van der Waals surface area contributed by atoms with E-state index in [-0.39, 0.29) is 11.7 Å². The van der Waals surface area contributed by atoms with Crippen molar-refractivity contribution in [1.29, 1.82) is 5.26 Å². The largest absolute Gasteiger partial charge is 0.315 e. The number of nitrogens with zero attached hydrogens (tertiary/aromatic N) is 5. The summed E-state index contributed by atoms with van der Waals surface area (Å²) in [6.07, 6.45) is 3.81. The molecular formula is C27H22FN5O. The standard InChI is InChI=1S/C27H22FN5O/c1-32(25-5-3-2-4-6-25)27(34)15-16-33-19-26(30-31-33)22-11-9-21(10-12-22)23(18-29)17-20-7-13-24(28)14-8-20/h2-14,17,19H,15-16H2,1H3/b23-17+. The van der Waals surface area contributed by atoms with Crippen LogP contribution < -0.4 is 4.90 Å². The second-order valence-electron chi connectivity index (χ2n) is 7.70. The highest BCUT2D eigenvalue weighted by atomic mass is 19.1. The number of benzene rings is 3. The summed E-state index contributed by atoms with van der Waals surface area (Å²) in [6, 6.07) is 25.1. The first-order chi connectivity index (χ1) is 16.5. The molecule has 1 amide bonds. The Morgan fingerprint density at radius 1 is 1.06 bits per heavy atom. The predicted octanol–water partition coefficient (Wildman–Crippen LogP) is 5.20. The van der Waals surface area contributed by atoms with Gasteiger partial charge >= 0.3 is 0 Å². The Hall–Kier alpha value is -4.57. The van der Waals surface area contributed by atoms with Crippen LogP contribution in [0, 0.1) is 17.1 Å². The lowest BCUT2D eigenvalue weighted by Gasteiger charge is -2.16. The number of nitriles is 1. The Morgan fingerprint density at radius 3 is 2.44 bits per heavy atom. The first kappa shape index (κ1) is 22.6. The average Bonchev–Trinajstić information content (AvgIpc) is 3.36. The molecule has 1 heterocycles. The second-order valence-corrected chi connectivity index (χ2v) is 7.70. The lowest BCUT2D eigenvalue weighted by molar-refractivity contribution is -0.118.